The van der Waals surface area contributed by atoms with Crippen LogP contribution in [0.4, 0.5) is 5.69 Å². The van der Waals surface area contributed by atoms with Crippen molar-refractivity contribution >= 4 is 66.1 Å². The predicted molar refractivity (Wildman–Crippen MR) is 97.4 cm³/mol. The number of benzene rings is 1. The van der Waals surface area contributed by atoms with Gasteiger partial charge in [0.25, 0.3) is 5.91 Å². The van der Waals surface area contributed by atoms with Gasteiger partial charge in [-0.3, -0.25) is 4.79 Å². The molecule has 6 heteroatoms. The van der Waals surface area contributed by atoms with Crippen LogP contribution in [-0.2, 0) is 0 Å². The highest BCUT2D eigenvalue weighted by Gasteiger charge is 2.14. The van der Waals surface area contributed by atoms with Crippen LogP contribution < -0.4 is 5.32 Å². The van der Waals surface area contributed by atoms with Crippen LogP contribution in [-0.4, -0.2) is 5.91 Å². The third-order valence-corrected chi connectivity index (χ3v) is 6.99. The molecule has 1 N–H and O–H groups in total. The number of hydrogen-bond acceptors (Lipinski definition) is 3. The average Bonchev–Trinajstić information content (AvgIpc) is 3.10. The molecule has 0 bridgehead atoms. The first-order chi connectivity index (χ1) is 10.1. The summed E-state index contributed by atoms with van der Waals surface area (Å²) in [6, 6.07) is 13.7. The Morgan fingerprint density at radius 3 is 2.57 bits per heavy atom. The van der Waals surface area contributed by atoms with E-state index in [9.17, 15) is 4.79 Å². The SMILES string of the molecule is O=C(Nc1ccccc1-c1cccs1)c1cc(Br)c(Br)s1. The zero-order valence-corrected chi connectivity index (χ0v) is 15.4. The van der Waals surface area contributed by atoms with Crippen molar-refractivity contribution in [2.45, 2.75) is 0 Å². The predicted octanol–water partition coefficient (Wildman–Crippen LogP) is 6.25. The number of carbonyl (C=O) groups is 1. The van der Waals surface area contributed by atoms with Crippen LogP contribution in [0.25, 0.3) is 10.4 Å². The fraction of sp³-hybridized carbons (Fsp3) is 0. The number of amides is 1. The van der Waals surface area contributed by atoms with E-state index in [0.29, 0.717) is 4.88 Å². The summed E-state index contributed by atoms with van der Waals surface area (Å²) in [4.78, 5) is 14.2. The average molecular weight is 443 g/mol. The standard InChI is InChI=1S/C15H9Br2NOS2/c16-10-8-13(21-14(10)17)15(19)18-11-5-2-1-4-9(11)12-6-3-7-20-12/h1-8H,(H,18,19). The van der Waals surface area contributed by atoms with Crippen LogP contribution >= 0.6 is 54.5 Å². The molecule has 3 rings (SSSR count). The van der Waals surface area contributed by atoms with Gasteiger partial charge in [0.1, 0.15) is 0 Å². The lowest BCUT2D eigenvalue weighted by molar-refractivity contribution is 0.103. The van der Waals surface area contributed by atoms with E-state index in [2.05, 4.69) is 37.2 Å². The van der Waals surface area contributed by atoms with E-state index in [1.54, 1.807) is 11.3 Å². The fourth-order valence-corrected chi connectivity index (χ4v) is 4.58. The molecule has 0 aliphatic rings. The van der Waals surface area contributed by atoms with Gasteiger partial charge in [0.15, 0.2) is 0 Å². The molecule has 21 heavy (non-hydrogen) atoms. The molecule has 0 aliphatic carbocycles. The molecule has 0 unspecified atom stereocenters. The molecule has 3 aromatic rings. The van der Waals surface area contributed by atoms with Crippen molar-refractivity contribution in [2.75, 3.05) is 5.32 Å². The summed E-state index contributed by atoms with van der Waals surface area (Å²) in [5.74, 6) is -0.101. The van der Waals surface area contributed by atoms with Gasteiger partial charge < -0.3 is 5.32 Å². The van der Waals surface area contributed by atoms with E-state index >= 15 is 0 Å². The van der Waals surface area contributed by atoms with E-state index in [1.807, 2.05) is 47.8 Å². The Morgan fingerprint density at radius 2 is 1.90 bits per heavy atom. The molecule has 0 atom stereocenters. The molecule has 0 saturated carbocycles. The maximum atomic E-state index is 12.4. The second kappa shape index (κ2) is 6.44. The van der Waals surface area contributed by atoms with E-state index in [4.69, 9.17) is 0 Å². The molecule has 0 aliphatic heterocycles. The van der Waals surface area contributed by atoms with E-state index < -0.39 is 0 Å². The lowest BCUT2D eigenvalue weighted by atomic mass is 10.1. The summed E-state index contributed by atoms with van der Waals surface area (Å²) in [7, 11) is 0. The van der Waals surface area contributed by atoms with E-state index in [-0.39, 0.29) is 5.91 Å². The van der Waals surface area contributed by atoms with Gasteiger partial charge in [-0.25, -0.2) is 0 Å². The molecule has 2 nitrogen and oxygen atoms in total. The first-order valence-corrected chi connectivity index (χ1v) is 9.32. The molecule has 0 spiro atoms. The molecule has 2 aromatic heterocycles. The van der Waals surface area contributed by atoms with Crippen LogP contribution in [0.1, 0.15) is 9.67 Å². The minimum absolute atomic E-state index is 0.101. The van der Waals surface area contributed by atoms with Crippen molar-refractivity contribution in [3.05, 3.63) is 61.0 Å². The highest BCUT2D eigenvalue weighted by atomic mass is 79.9. The summed E-state index contributed by atoms with van der Waals surface area (Å²) >= 11 is 9.87. The highest BCUT2D eigenvalue weighted by molar-refractivity contribution is 9.13. The topological polar surface area (TPSA) is 29.1 Å². The van der Waals surface area contributed by atoms with Gasteiger partial charge in [-0.05, 0) is 55.4 Å². The maximum Gasteiger partial charge on any atom is 0.265 e. The van der Waals surface area contributed by atoms with Gasteiger partial charge in [0, 0.05) is 20.6 Å². The van der Waals surface area contributed by atoms with E-state index in [1.165, 1.54) is 11.3 Å². The minimum atomic E-state index is -0.101. The Hall–Kier alpha value is -0.950. The fourth-order valence-electron chi connectivity index (χ4n) is 1.88. The Morgan fingerprint density at radius 1 is 1.10 bits per heavy atom. The Bertz CT molecular complexity index is 761. The van der Waals surface area contributed by atoms with Crippen LogP contribution in [0.3, 0.4) is 0 Å². The lowest BCUT2D eigenvalue weighted by Gasteiger charge is -2.08. The van der Waals surface area contributed by atoms with Gasteiger partial charge in [-0.2, -0.15) is 0 Å². The normalized spacial score (nSPS) is 10.6. The third kappa shape index (κ3) is 3.29. The maximum absolute atomic E-state index is 12.4. The van der Waals surface area contributed by atoms with Gasteiger partial charge in [-0.1, -0.05) is 24.3 Å². The summed E-state index contributed by atoms with van der Waals surface area (Å²) in [6.45, 7) is 0. The number of rotatable bonds is 3. The van der Waals surface area contributed by atoms with Crippen molar-refractivity contribution < 1.29 is 4.79 Å². The van der Waals surface area contributed by atoms with E-state index in [0.717, 1.165) is 24.4 Å². The van der Waals surface area contributed by atoms with Crippen LogP contribution in [0.2, 0.25) is 0 Å². The molecule has 0 saturated heterocycles. The van der Waals surface area contributed by atoms with Gasteiger partial charge >= 0.3 is 0 Å². The molecular weight excluding hydrogens is 434 g/mol. The molecular formula is C15H9Br2NOS2. The summed E-state index contributed by atoms with van der Waals surface area (Å²) in [5.41, 5.74) is 1.86. The molecule has 2 heterocycles. The minimum Gasteiger partial charge on any atom is -0.321 e. The van der Waals surface area contributed by atoms with Crippen LogP contribution in [0, 0.1) is 0 Å². The number of nitrogens with one attached hydrogen (secondary N) is 1. The largest absolute Gasteiger partial charge is 0.321 e. The first-order valence-electron chi connectivity index (χ1n) is 6.04. The van der Waals surface area contributed by atoms with Crippen molar-refractivity contribution in [3.63, 3.8) is 0 Å². The van der Waals surface area contributed by atoms with Crippen LogP contribution in [0.15, 0.2) is 56.1 Å². The highest BCUT2D eigenvalue weighted by Crippen LogP contribution is 2.34. The quantitative estimate of drug-likeness (QED) is 0.509. The number of halogens is 2. The molecule has 0 radical (unpaired) electrons. The van der Waals surface area contributed by atoms with Crippen molar-refractivity contribution in [2.24, 2.45) is 0 Å². The number of hydrogen-bond donors (Lipinski definition) is 1. The number of thiophene rings is 2. The van der Waals surface area contributed by atoms with Crippen molar-refractivity contribution in [1.82, 2.24) is 0 Å². The number of para-hydroxylation sites is 1. The Balaban J connectivity index is 1.90. The number of anilines is 1. The van der Waals surface area contributed by atoms with Crippen molar-refractivity contribution in [1.29, 1.82) is 0 Å². The third-order valence-electron chi connectivity index (χ3n) is 2.83. The Kier molecular flexibility index (Phi) is 4.59. The zero-order valence-electron chi connectivity index (χ0n) is 10.6. The summed E-state index contributed by atoms with van der Waals surface area (Å²) in [5, 5.41) is 5.02. The number of carbonyl (C=O) groups excluding carboxylic acids is 1. The zero-order chi connectivity index (χ0) is 14.8. The lowest BCUT2D eigenvalue weighted by Crippen LogP contribution is -2.10. The smallest absolute Gasteiger partial charge is 0.265 e. The molecule has 0 fully saturated rings. The summed E-state index contributed by atoms with van der Waals surface area (Å²) in [6.07, 6.45) is 0. The Labute approximate surface area is 147 Å². The van der Waals surface area contributed by atoms with Gasteiger partial charge in [-0.15, -0.1) is 22.7 Å². The molecule has 106 valence electrons. The summed E-state index contributed by atoms with van der Waals surface area (Å²) < 4.78 is 1.81. The second-order valence-electron chi connectivity index (χ2n) is 4.21. The van der Waals surface area contributed by atoms with Gasteiger partial charge in [0.05, 0.1) is 8.66 Å². The second-order valence-corrected chi connectivity index (χ2v) is 8.38. The van der Waals surface area contributed by atoms with Gasteiger partial charge in [0.2, 0.25) is 0 Å². The monoisotopic (exact) mass is 441 g/mol. The molecule has 1 amide bonds. The van der Waals surface area contributed by atoms with Crippen molar-refractivity contribution in [3.8, 4) is 10.4 Å². The molecule has 1 aromatic carbocycles. The van der Waals surface area contributed by atoms with Crippen LogP contribution in [0.5, 0.6) is 0 Å². The first kappa shape index (κ1) is 15.0.